The predicted octanol–water partition coefficient (Wildman–Crippen LogP) is 2.39. The zero-order valence-electron chi connectivity index (χ0n) is 12.5. The molecule has 0 radical (unpaired) electrons. The molecule has 2 rings (SSSR count). The summed E-state index contributed by atoms with van der Waals surface area (Å²) in [7, 11) is 1.64. The number of thiocarbonyl (C=S) groups is 1. The van der Waals surface area contributed by atoms with Crippen LogP contribution in [0.25, 0.3) is 0 Å². The highest BCUT2D eigenvalue weighted by Gasteiger charge is 2.07. The van der Waals surface area contributed by atoms with Gasteiger partial charge >= 0.3 is 0 Å². The number of aliphatic hydroxyl groups is 1. The van der Waals surface area contributed by atoms with Gasteiger partial charge in [-0.15, -0.1) is 0 Å². The number of nitrogens with one attached hydrogen (secondary N) is 2. The van der Waals surface area contributed by atoms with Crippen LogP contribution in [0.3, 0.4) is 0 Å². The Balaban J connectivity index is 1.73. The lowest BCUT2D eigenvalue weighted by Gasteiger charge is -2.15. The Bertz CT molecular complexity index is 587. The molecule has 2 aromatic carbocycles. The number of methoxy groups -OCH3 is 1. The van der Waals surface area contributed by atoms with E-state index in [1.54, 1.807) is 7.11 Å². The summed E-state index contributed by atoms with van der Waals surface area (Å²) < 4.78 is 5.12. The molecule has 0 spiro atoms. The molecular weight excluding hydrogens is 296 g/mol. The van der Waals surface area contributed by atoms with E-state index >= 15 is 0 Å². The molecule has 0 fully saturated rings. The van der Waals surface area contributed by atoms with Gasteiger partial charge in [-0.25, -0.2) is 0 Å². The summed E-state index contributed by atoms with van der Waals surface area (Å²) in [5, 5.41) is 16.7. The molecule has 0 aliphatic heterocycles. The summed E-state index contributed by atoms with van der Waals surface area (Å²) in [6.07, 6.45) is -0.582. The summed E-state index contributed by atoms with van der Waals surface area (Å²) in [5.74, 6) is 0.829. The van der Waals surface area contributed by atoms with Gasteiger partial charge in [-0.2, -0.15) is 0 Å². The zero-order chi connectivity index (χ0) is 15.8. The van der Waals surface area contributed by atoms with Crippen LogP contribution in [-0.4, -0.2) is 23.9 Å². The number of rotatable bonds is 6. The second-order valence-corrected chi connectivity index (χ2v) is 5.25. The van der Waals surface area contributed by atoms with E-state index in [0.717, 1.165) is 16.9 Å². The van der Waals surface area contributed by atoms with Crippen LogP contribution in [0.1, 0.15) is 17.2 Å². The third kappa shape index (κ3) is 5.02. The highest BCUT2D eigenvalue weighted by atomic mass is 32.1. The molecule has 0 saturated carbocycles. The summed E-state index contributed by atoms with van der Waals surface area (Å²) in [6, 6.07) is 17.3. The van der Waals surface area contributed by atoms with Gasteiger partial charge in [0.05, 0.1) is 13.2 Å². The average Bonchev–Trinajstić information content (AvgIpc) is 2.59. The lowest BCUT2D eigenvalue weighted by Crippen LogP contribution is -2.37. The third-order valence-electron chi connectivity index (χ3n) is 3.25. The number of aliphatic hydroxyl groups excluding tert-OH is 1. The summed E-state index contributed by atoms with van der Waals surface area (Å²) >= 11 is 5.21. The van der Waals surface area contributed by atoms with Gasteiger partial charge in [-0.3, -0.25) is 0 Å². The molecule has 0 amide bonds. The highest BCUT2D eigenvalue weighted by molar-refractivity contribution is 7.80. The van der Waals surface area contributed by atoms with E-state index in [0.29, 0.717) is 18.2 Å². The van der Waals surface area contributed by atoms with Crippen LogP contribution in [0.2, 0.25) is 0 Å². The number of ether oxygens (including phenoxy) is 1. The van der Waals surface area contributed by atoms with Crippen LogP contribution in [0.5, 0.6) is 5.75 Å². The molecule has 5 heteroatoms. The lowest BCUT2D eigenvalue weighted by atomic mass is 10.1. The van der Waals surface area contributed by atoms with E-state index < -0.39 is 6.10 Å². The molecule has 0 aliphatic carbocycles. The van der Waals surface area contributed by atoms with Crippen molar-refractivity contribution >= 4 is 17.3 Å². The second-order valence-electron chi connectivity index (χ2n) is 4.84. The minimum absolute atomic E-state index is 0.373. The van der Waals surface area contributed by atoms with E-state index in [1.807, 2.05) is 54.6 Å². The van der Waals surface area contributed by atoms with Gasteiger partial charge in [-0.1, -0.05) is 42.5 Å². The SMILES string of the molecule is COc1ccc(CNC(=S)NC[C@@H](O)c2ccccc2)cc1. The van der Waals surface area contributed by atoms with Gasteiger partial charge in [0.25, 0.3) is 0 Å². The number of hydrogen-bond donors (Lipinski definition) is 3. The van der Waals surface area contributed by atoms with Crippen molar-refractivity contribution in [2.24, 2.45) is 0 Å². The van der Waals surface area contributed by atoms with Crippen LogP contribution < -0.4 is 15.4 Å². The molecule has 0 unspecified atom stereocenters. The van der Waals surface area contributed by atoms with Crippen molar-refractivity contribution in [3.05, 3.63) is 65.7 Å². The molecule has 22 heavy (non-hydrogen) atoms. The molecule has 3 N–H and O–H groups in total. The van der Waals surface area contributed by atoms with Crippen molar-refractivity contribution in [2.45, 2.75) is 12.6 Å². The fraction of sp³-hybridized carbons (Fsp3) is 0.235. The largest absolute Gasteiger partial charge is 0.497 e. The summed E-state index contributed by atoms with van der Waals surface area (Å²) in [6.45, 7) is 0.996. The van der Waals surface area contributed by atoms with Crippen molar-refractivity contribution in [2.75, 3.05) is 13.7 Å². The number of hydrogen-bond acceptors (Lipinski definition) is 3. The molecule has 2 aromatic rings. The Morgan fingerprint density at radius 3 is 2.41 bits per heavy atom. The first-order valence-corrected chi connectivity index (χ1v) is 7.47. The van der Waals surface area contributed by atoms with Crippen molar-refractivity contribution in [1.82, 2.24) is 10.6 Å². The number of benzene rings is 2. The van der Waals surface area contributed by atoms with Crippen molar-refractivity contribution in [1.29, 1.82) is 0 Å². The Labute approximate surface area is 136 Å². The normalized spacial score (nSPS) is 11.5. The van der Waals surface area contributed by atoms with Gasteiger partial charge in [0, 0.05) is 13.1 Å². The van der Waals surface area contributed by atoms with Crippen molar-refractivity contribution < 1.29 is 9.84 Å². The minimum Gasteiger partial charge on any atom is -0.497 e. The quantitative estimate of drug-likeness (QED) is 0.715. The van der Waals surface area contributed by atoms with Gasteiger partial charge < -0.3 is 20.5 Å². The van der Waals surface area contributed by atoms with Crippen LogP contribution in [0.15, 0.2) is 54.6 Å². The van der Waals surface area contributed by atoms with E-state index in [9.17, 15) is 5.11 Å². The topological polar surface area (TPSA) is 53.5 Å². The Morgan fingerprint density at radius 1 is 1.09 bits per heavy atom. The standard InChI is InChI=1S/C17H20N2O2S/c1-21-15-9-7-13(8-10-15)11-18-17(22)19-12-16(20)14-5-3-2-4-6-14/h2-10,16,20H,11-12H2,1H3,(H2,18,19,22)/t16-/m1/s1. The Kier molecular flexibility index (Phi) is 6.18. The molecule has 0 saturated heterocycles. The van der Waals surface area contributed by atoms with Gasteiger partial charge in [0.1, 0.15) is 5.75 Å². The highest BCUT2D eigenvalue weighted by Crippen LogP contribution is 2.11. The van der Waals surface area contributed by atoms with Crippen LogP contribution in [-0.2, 0) is 6.54 Å². The smallest absolute Gasteiger partial charge is 0.166 e. The first-order chi connectivity index (χ1) is 10.7. The fourth-order valence-corrected chi connectivity index (χ4v) is 2.13. The fourth-order valence-electron chi connectivity index (χ4n) is 1.97. The minimum atomic E-state index is -0.582. The first-order valence-electron chi connectivity index (χ1n) is 7.06. The van der Waals surface area contributed by atoms with Gasteiger partial charge in [0.2, 0.25) is 0 Å². The zero-order valence-corrected chi connectivity index (χ0v) is 13.3. The van der Waals surface area contributed by atoms with Gasteiger partial charge in [-0.05, 0) is 35.5 Å². The molecule has 4 nitrogen and oxygen atoms in total. The molecule has 0 heterocycles. The lowest BCUT2D eigenvalue weighted by molar-refractivity contribution is 0.181. The Morgan fingerprint density at radius 2 is 1.77 bits per heavy atom. The first kappa shape index (κ1) is 16.3. The van der Waals surface area contributed by atoms with Crippen molar-refractivity contribution in [3.8, 4) is 5.75 Å². The second kappa shape index (κ2) is 8.36. The maximum Gasteiger partial charge on any atom is 0.166 e. The van der Waals surface area contributed by atoms with Crippen LogP contribution in [0.4, 0.5) is 0 Å². The summed E-state index contributed by atoms with van der Waals surface area (Å²) in [5.41, 5.74) is 1.97. The summed E-state index contributed by atoms with van der Waals surface area (Å²) in [4.78, 5) is 0. The molecule has 0 bridgehead atoms. The molecule has 0 aliphatic rings. The maximum absolute atomic E-state index is 10.0. The van der Waals surface area contributed by atoms with E-state index in [2.05, 4.69) is 10.6 Å². The monoisotopic (exact) mass is 316 g/mol. The van der Waals surface area contributed by atoms with Gasteiger partial charge in [0.15, 0.2) is 5.11 Å². The average molecular weight is 316 g/mol. The van der Waals surface area contributed by atoms with E-state index in [4.69, 9.17) is 17.0 Å². The molecule has 0 aromatic heterocycles. The maximum atomic E-state index is 10.0. The van der Waals surface area contributed by atoms with E-state index in [1.165, 1.54) is 0 Å². The third-order valence-corrected chi connectivity index (χ3v) is 3.54. The van der Waals surface area contributed by atoms with E-state index in [-0.39, 0.29) is 0 Å². The predicted molar refractivity (Wildman–Crippen MR) is 91.8 cm³/mol. The molecular formula is C17H20N2O2S. The Hall–Kier alpha value is -2.11. The van der Waals surface area contributed by atoms with Crippen LogP contribution >= 0.6 is 12.2 Å². The molecule has 116 valence electrons. The molecule has 1 atom stereocenters. The van der Waals surface area contributed by atoms with Crippen molar-refractivity contribution in [3.63, 3.8) is 0 Å². The van der Waals surface area contributed by atoms with Crippen LogP contribution in [0, 0.1) is 0 Å².